The predicted octanol–water partition coefficient (Wildman–Crippen LogP) is 3.53. The molecule has 1 N–H and O–H groups in total. The Morgan fingerprint density at radius 3 is 3.05 bits per heavy atom. The summed E-state index contributed by atoms with van der Waals surface area (Å²) in [6.07, 6.45) is 0.949. The highest BCUT2D eigenvalue weighted by Crippen LogP contribution is 2.33. The smallest absolute Gasteiger partial charge is 0.228 e. The lowest BCUT2D eigenvalue weighted by molar-refractivity contribution is -0.122. The van der Waals surface area contributed by atoms with E-state index in [1.165, 1.54) is 5.56 Å². The molecular formula is C17H19NO2S. The summed E-state index contributed by atoms with van der Waals surface area (Å²) < 4.78 is 5.66. The number of amides is 1. The highest BCUT2D eigenvalue weighted by atomic mass is 32.1. The molecule has 1 aromatic carbocycles. The van der Waals surface area contributed by atoms with E-state index in [0.717, 1.165) is 23.7 Å². The summed E-state index contributed by atoms with van der Waals surface area (Å²) in [5.41, 5.74) is 1.20. The third-order valence-electron chi connectivity index (χ3n) is 3.97. The van der Waals surface area contributed by atoms with Crippen LogP contribution < -0.4 is 10.1 Å². The minimum atomic E-state index is -0.0833. The number of carbonyl (C=O) groups is 1. The molecular weight excluding hydrogens is 282 g/mol. The van der Waals surface area contributed by atoms with Crippen molar-refractivity contribution in [1.82, 2.24) is 5.32 Å². The summed E-state index contributed by atoms with van der Waals surface area (Å²) in [5, 5.41) is 5.10. The van der Waals surface area contributed by atoms with Crippen LogP contribution in [0.3, 0.4) is 0 Å². The van der Waals surface area contributed by atoms with Gasteiger partial charge in [0.15, 0.2) is 0 Å². The van der Waals surface area contributed by atoms with Crippen molar-refractivity contribution in [2.75, 3.05) is 13.2 Å². The Bertz CT molecular complexity index is 609. The first kappa shape index (κ1) is 14.1. The van der Waals surface area contributed by atoms with Gasteiger partial charge in [-0.05, 0) is 36.4 Å². The van der Waals surface area contributed by atoms with Gasteiger partial charge in [-0.15, -0.1) is 11.3 Å². The van der Waals surface area contributed by atoms with Crippen LogP contribution in [0.1, 0.15) is 35.6 Å². The zero-order valence-electron chi connectivity index (χ0n) is 12.0. The van der Waals surface area contributed by atoms with Crippen LogP contribution in [-0.2, 0) is 4.79 Å². The average Bonchev–Trinajstić information content (AvgIpc) is 3.06. The van der Waals surface area contributed by atoms with Gasteiger partial charge in [-0.1, -0.05) is 24.3 Å². The molecule has 4 heteroatoms. The van der Waals surface area contributed by atoms with Crippen LogP contribution in [0.2, 0.25) is 0 Å². The minimum absolute atomic E-state index is 0.0833. The largest absolute Gasteiger partial charge is 0.493 e. The van der Waals surface area contributed by atoms with Crippen LogP contribution in [0, 0.1) is 0 Å². The molecule has 1 aromatic heterocycles. The Morgan fingerprint density at radius 2 is 2.24 bits per heavy atom. The van der Waals surface area contributed by atoms with Gasteiger partial charge < -0.3 is 10.1 Å². The number of carbonyl (C=O) groups excluding carboxylic acids is 1. The first-order valence-electron chi connectivity index (χ1n) is 7.28. The van der Waals surface area contributed by atoms with Gasteiger partial charge in [-0.2, -0.15) is 0 Å². The maximum absolute atomic E-state index is 12.3. The van der Waals surface area contributed by atoms with Crippen molar-refractivity contribution < 1.29 is 9.53 Å². The number of nitrogens with one attached hydrogen (secondary N) is 1. The molecule has 1 amide bonds. The zero-order valence-corrected chi connectivity index (χ0v) is 12.9. The number of para-hydroxylation sites is 1. The summed E-state index contributed by atoms with van der Waals surface area (Å²) in [7, 11) is 0. The Hall–Kier alpha value is -1.81. The van der Waals surface area contributed by atoms with E-state index in [2.05, 4.69) is 11.4 Å². The van der Waals surface area contributed by atoms with Crippen LogP contribution in [0.4, 0.5) is 0 Å². The Balaban J connectivity index is 1.62. The number of thiophene rings is 1. The van der Waals surface area contributed by atoms with Gasteiger partial charge in [0.05, 0.1) is 12.5 Å². The van der Waals surface area contributed by atoms with Crippen LogP contribution in [0.15, 0.2) is 41.8 Å². The van der Waals surface area contributed by atoms with Crippen molar-refractivity contribution in [3.8, 4) is 5.75 Å². The lowest BCUT2D eigenvalue weighted by Gasteiger charge is -2.26. The SMILES string of the molecule is C[C@@H](C(=O)NC[C@@H]1CCOc2ccccc21)c1cccs1. The topological polar surface area (TPSA) is 38.3 Å². The zero-order chi connectivity index (χ0) is 14.7. The van der Waals surface area contributed by atoms with Crippen LogP contribution >= 0.6 is 11.3 Å². The van der Waals surface area contributed by atoms with Gasteiger partial charge >= 0.3 is 0 Å². The molecule has 1 aliphatic rings. The van der Waals surface area contributed by atoms with Gasteiger partial charge in [0.1, 0.15) is 5.75 Å². The monoisotopic (exact) mass is 301 g/mol. The molecule has 2 atom stereocenters. The Morgan fingerprint density at radius 1 is 1.38 bits per heavy atom. The van der Waals surface area contributed by atoms with Gasteiger partial charge in [0, 0.05) is 17.3 Å². The molecule has 2 heterocycles. The fourth-order valence-corrected chi connectivity index (χ4v) is 3.45. The first-order chi connectivity index (χ1) is 10.3. The number of hydrogen-bond donors (Lipinski definition) is 1. The van der Waals surface area contributed by atoms with Crippen molar-refractivity contribution in [2.24, 2.45) is 0 Å². The molecule has 110 valence electrons. The molecule has 0 bridgehead atoms. The van der Waals surface area contributed by atoms with Gasteiger partial charge in [-0.3, -0.25) is 4.79 Å². The molecule has 0 saturated heterocycles. The molecule has 21 heavy (non-hydrogen) atoms. The Labute approximate surface area is 129 Å². The predicted molar refractivity (Wildman–Crippen MR) is 85.0 cm³/mol. The van der Waals surface area contributed by atoms with Crippen molar-refractivity contribution in [1.29, 1.82) is 0 Å². The van der Waals surface area contributed by atoms with Crippen molar-refractivity contribution in [2.45, 2.75) is 25.2 Å². The number of hydrogen-bond acceptors (Lipinski definition) is 3. The standard InChI is InChI=1S/C17H19NO2S/c1-12(16-7-4-10-21-16)17(19)18-11-13-8-9-20-15-6-3-2-5-14(13)15/h2-7,10,12-13H,8-9,11H2,1H3,(H,18,19)/t12-,13+/m1/s1. The third kappa shape index (κ3) is 3.10. The van der Waals surface area contributed by atoms with E-state index in [1.807, 2.05) is 42.6 Å². The highest BCUT2D eigenvalue weighted by Gasteiger charge is 2.23. The summed E-state index contributed by atoms with van der Waals surface area (Å²) >= 11 is 1.63. The minimum Gasteiger partial charge on any atom is -0.493 e. The summed E-state index contributed by atoms with van der Waals surface area (Å²) in [6.45, 7) is 3.35. The van der Waals surface area contributed by atoms with Crippen molar-refractivity contribution in [3.63, 3.8) is 0 Å². The number of benzene rings is 1. The molecule has 2 aromatic rings. The lowest BCUT2D eigenvalue weighted by Crippen LogP contribution is -2.33. The molecule has 0 fully saturated rings. The van der Waals surface area contributed by atoms with E-state index >= 15 is 0 Å². The maximum atomic E-state index is 12.3. The second-order valence-corrected chi connectivity index (χ2v) is 6.33. The van der Waals surface area contributed by atoms with Crippen LogP contribution in [0.25, 0.3) is 0 Å². The fourth-order valence-electron chi connectivity index (χ4n) is 2.67. The summed E-state index contributed by atoms with van der Waals surface area (Å²) in [6, 6.07) is 12.1. The van der Waals surface area contributed by atoms with Crippen LogP contribution in [-0.4, -0.2) is 19.1 Å². The van der Waals surface area contributed by atoms with E-state index < -0.39 is 0 Å². The number of fused-ring (bicyclic) bond motifs is 1. The van der Waals surface area contributed by atoms with Gasteiger partial charge in [-0.25, -0.2) is 0 Å². The molecule has 3 rings (SSSR count). The first-order valence-corrected chi connectivity index (χ1v) is 8.16. The van der Waals surface area contributed by atoms with E-state index in [0.29, 0.717) is 12.5 Å². The van der Waals surface area contributed by atoms with Crippen molar-refractivity contribution in [3.05, 3.63) is 52.2 Å². The number of ether oxygens (including phenoxy) is 1. The Kier molecular flexibility index (Phi) is 4.25. The highest BCUT2D eigenvalue weighted by molar-refractivity contribution is 7.10. The summed E-state index contributed by atoms with van der Waals surface area (Å²) in [4.78, 5) is 13.4. The molecule has 0 aliphatic carbocycles. The fraction of sp³-hybridized carbons (Fsp3) is 0.353. The van der Waals surface area contributed by atoms with Crippen molar-refractivity contribution >= 4 is 17.2 Å². The molecule has 0 spiro atoms. The molecule has 0 radical (unpaired) electrons. The normalized spacial score (nSPS) is 18.4. The second kappa shape index (κ2) is 6.31. The molecule has 0 unspecified atom stereocenters. The third-order valence-corrected chi connectivity index (χ3v) is 5.02. The summed E-state index contributed by atoms with van der Waals surface area (Å²) in [5.74, 6) is 1.31. The molecule has 3 nitrogen and oxygen atoms in total. The quantitative estimate of drug-likeness (QED) is 0.938. The second-order valence-electron chi connectivity index (χ2n) is 5.35. The van der Waals surface area contributed by atoms with E-state index in [1.54, 1.807) is 11.3 Å². The van der Waals surface area contributed by atoms with E-state index in [9.17, 15) is 4.79 Å². The maximum Gasteiger partial charge on any atom is 0.228 e. The van der Waals surface area contributed by atoms with Gasteiger partial charge in [0.25, 0.3) is 0 Å². The lowest BCUT2D eigenvalue weighted by atomic mass is 9.93. The number of rotatable bonds is 4. The molecule has 1 aliphatic heterocycles. The van der Waals surface area contributed by atoms with Gasteiger partial charge in [0.2, 0.25) is 5.91 Å². The van der Waals surface area contributed by atoms with E-state index in [-0.39, 0.29) is 11.8 Å². The molecule has 0 saturated carbocycles. The van der Waals surface area contributed by atoms with E-state index in [4.69, 9.17) is 4.74 Å². The van der Waals surface area contributed by atoms with Crippen LogP contribution in [0.5, 0.6) is 5.75 Å². The average molecular weight is 301 g/mol.